The van der Waals surface area contributed by atoms with Gasteiger partial charge in [-0.1, -0.05) is 18.2 Å². The third-order valence-corrected chi connectivity index (χ3v) is 3.44. The van der Waals surface area contributed by atoms with Crippen molar-refractivity contribution in [2.24, 2.45) is 0 Å². The fraction of sp³-hybridized carbons (Fsp3) is 0.167. The first kappa shape index (κ1) is 15.0. The van der Waals surface area contributed by atoms with Crippen LogP contribution in [0.5, 0.6) is 0 Å². The number of hydrogen-bond acceptors (Lipinski definition) is 4. The van der Waals surface area contributed by atoms with Crippen molar-refractivity contribution in [3.8, 4) is 11.1 Å². The Morgan fingerprint density at radius 3 is 2.65 bits per heavy atom. The summed E-state index contributed by atoms with van der Waals surface area (Å²) < 4.78 is 0. The van der Waals surface area contributed by atoms with Crippen molar-refractivity contribution < 1.29 is 9.90 Å². The van der Waals surface area contributed by atoms with E-state index in [0.717, 1.165) is 22.0 Å². The van der Waals surface area contributed by atoms with E-state index in [2.05, 4.69) is 15.3 Å². The third kappa shape index (κ3) is 3.29. The van der Waals surface area contributed by atoms with Gasteiger partial charge in [-0.2, -0.15) is 0 Å². The van der Waals surface area contributed by atoms with Gasteiger partial charge in [-0.3, -0.25) is 0 Å². The normalized spacial score (nSPS) is 10.9. The molecule has 2 N–H and O–H groups in total. The third-order valence-electron chi connectivity index (χ3n) is 3.44. The standard InChI is InChI=1S/C18H17N3O2/c1-11(2)20-18-19-10-15-9-13(6-7-16(15)21-18)12-4-3-5-14(8-12)17(22)23/h3-11H,1-2H3,(H,22,23)(H,19,20,21). The predicted molar refractivity (Wildman–Crippen MR) is 90.7 cm³/mol. The van der Waals surface area contributed by atoms with Gasteiger partial charge in [0.1, 0.15) is 0 Å². The number of hydrogen-bond donors (Lipinski definition) is 2. The quantitative estimate of drug-likeness (QED) is 0.766. The molecule has 116 valence electrons. The smallest absolute Gasteiger partial charge is 0.335 e. The van der Waals surface area contributed by atoms with Crippen LogP contribution >= 0.6 is 0 Å². The second-order valence-electron chi connectivity index (χ2n) is 5.65. The summed E-state index contributed by atoms with van der Waals surface area (Å²) in [6.45, 7) is 4.07. The average Bonchev–Trinajstić information content (AvgIpc) is 2.54. The summed E-state index contributed by atoms with van der Waals surface area (Å²) in [7, 11) is 0. The van der Waals surface area contributed by atoms with Crippen LogP contribution in [0.3, 0.4) is 0 Å². The zero-order valence-electron chi connectivity index (χ0n) is 12.9. The van der Waals surface area contributed by atoms with Crippen LogP contribution in [0.25, 0.3) is 22.0 Å². The molecule has 0 radical (unpaired) electrons. The Balaban J connectivity index is 2.00. The number of fused-ring (bicyclic) bond motifs is 1. The highest BCUT2D eigenvalue weighted by molar-refractivity contribution is 5.90. The lowest BCUT2D eigenvalue weighted by Gasteiger charge is -2.09. The molecule has 0 aliphatic carbocycles. The van der Waals surface area contributed by atoms with Crippen LogP contribution < -0.4 is 5.32 Å². The number of aromatic nitrogens is 2. The molecule has 3 rings (SSSR count). The summed E-state index contributed by atoms with van der Waals surface area (Å²) >= 11 is 0. The van der Waals surface area contributed by atoms with Crippen molar-refractivity contribution in [2.45, 2.75) is 19.9 Å². The first-order valence-corrected chi connectivity index (χ1v) is 7.40. The number of aromatic carboxylic acids is 1. The van der Waals surface area contributed by atoms with Crippen molar-refractivity contribution in [1.29, 1.82) is 0 Å². The SMILES string of the molecule is CC(C)Nc1ncc2cc(-c3cccc(C(=O)O)c3)ccc2n1. The van der Waals surface area contributed by atoms with Crippen LogP contribution in [-0.4, -0.2) is 27.1 Å². The van der Waals surface area contributed by atoms with Gasteiger partial charge in [0, 0.05) is 17.6 Å². The Morgan fingerprint density at radius 2 is 1.91 bits per heavy atom. The molecule has 0 amide bonds. The van der Waals surface area contributed by atoms with Gasteiger partial charge in [-0.25, -0.2) is 14.8 Å². The van der Waals surface area contributed by atoms with E-state index in [1.807, 2.05) is 38.1 Å². The molecule has 0 unspecified atom stereocenters. The number of carboxylic acid groups (broad SMARTS) is 1. The number of anilines is 1. The molecule has 5 heteroatoms. The van der Waals surface area contributed by atoms with Gasteiger partial charge in [-0.15, -0.1) is 0 Å². The molecule has 1 heterocycles. The van der Waals surface area contributed by atoms with Crippen molar-refractivity contribution in [2.75, 3.05) is 5.32 Å². The van der Waals surface area contributed by atoms with Crippen LogP contribution in [0.2, 0.25) is 0 Å². The lowest BCUT2D eigenvalue weighted by molar-refractivity contribution is 0.0697. The highest BCUT2D eigenvalue weighted by atomic mass is 16.4. The molecule has 1 aromatic heterocycles. The number of nitrogens with zero attached hydrogens (tertiary/aromatic N) is 2. The van der Waals surface area contributed by atoms with Gasteiger partial charge in [0.2, 0.25) is 5.95 Å². The molecule has 0 spiro atoms. The highest BCUT2D eigenvalue weighted by Gasteiger charge is 2.07. The van der Waals surface area contributed by atoms with Crippen molar-refractivity contribution in [3.63, 3.8) is 0 Å². The van der Waals surface area contributed by atoms with Crippen LogP contribution in [0.4, 0.5) is 5.95 Å². The molecule has 0 aliphatic heterocycles. The molecule has 5 nitrogen and oxygen atoms in total. The van der Waals surface area contributed by atoms with Crippen molar-refractivity contribution >= 4 is 22.8 Å². The topological polar surface area (TPSA) is 75.1 Å². The zero-order chi connectivity index (χ0) is 16.4. The zero-order valence-corrected chi connectivity index (χ0v) is 12.9. The summed E-state index contributed by atoms with van der Waals surface area (Å²) in [5, 5.41) is 13.2. The Bertz CT molecular complexity index is 875. The number of benzene rings is 2. The van der Waals surface area contributed by atoms with E-state index in [0.29, 0.717) is 5.95 Å². The van der Waals surface area contributed by atoms with Crippen LogP contribution in [0.1, 0.15) is 24.2 Å². The van der Waals surface area contributed by atoms with Crippen molar-refractivity contribution in [1.82, 2.24) is 9.97 Å². The molecular formula is C18H17N3O2. The van der Waals surface area contributed by atoms with Gasteiger partial charge in [0.05, 0.1) is 11.1 Å². The number of rotatable bonds is 4. The molecule has 0 aliphatic rings. The van der Waals surface area contributed by atoms with Gasteiger partial charge in [-0.05, 0) is 49.2 Å². The van der Waals surface area contributed by atoms with E-state index in [1.54, 1.807) is 24.4 Å². The summed E-state index contributed by atoms with van der Waals surface area (Å²) in [5.41, 5.74) is 2.92. The number of nitrogens with one attached hydrogen (secondary N) is 1. The van der Waals surface area contributed by atoms with Gasteiger partial charge in [0.15, 0.2) is 0 Å². The van der Waals surface area contributed by atoms with Gasteiger partial charge >= 0.3 is 5.97 Å². The van der Waals surface area contributed by atoms with E-state index >= 15 is 0 Å². The molecule has 0 bridgehead atoms. The fourth-order valence-electron chi connectivity index (χ4n) is 2.37. The molecule has 3 aromatic rings. The lowest BCUT2D eigenvalue weighted by atomic mass is 10.0. The first-order valence-electron chi connectivity index (χ1n) is 7.40. The molecule has 23 heavy (non-hydrogen) atoms. The monoisotopic (exact) mass is 307 g/mol. The van der Waals surface area contributed by atoms with Crippen molar-refractivity contribution in [3.05, 3.63) is 54.2 Å². The maximum Gasteiger partial charge on any atom is 0.335 e. The first-order chi connectivity index (χ1) is 11.0. The molecule has 2 aromatic carbocycles. The predicted octanol–water partition coefficient (Wildman–Crippen LogP) is 3.82. The van der Waals surface area contributed by atoms with E-state index in [-0.39, 0.29) is 11.6 Å². The molecule has 0 fully saturated rings. The summed E-state index contributed by atoms with van der Waals surface area (Å²) in [6, 6.07) is 13.0. The van der Waals surface area contributed by atoms with E-state index in [4.69, 9.17) is 5.11 Å². The molecule has 0 atom stereocenters. The Morgan fingerprint density at radius 1 is 1.13 bits per heavy atom. The lowest BCUT2D eigenvalue weighted by Crippen LogP contribution is -2.12. The summed E-state index contributed by atoms with van der Waals surface area (Å²) in [6.07, 6.45) is 1.78. The van der Waals surface area contributed by atoms with Gasteiger partial charge in [0.25, 0.3) is 0 Å². The van der Waals surface area contributed by atoms with Gasteiger partial charge < -0.3 is 10.4 Å². The number of carboxylic acids is 1. The highest BCUT2D eigenvalue weighted by Crippen LogP contribution is 2.24. The van der Waals surface area contributed by atoms with Crippen LogP contribution in [0.15, 0.2) is 48.7 Å². The minimum Gasteiger partial charge on any atom is -0.478 e. The van der Waals surface area contributed by atoms with Crippen LogP contribution in [-0.2, 0) is 0 Å². The fourth-order valence-corrected chi connectivity index (χ4v) is 2.37. The van der Waals surface area contributed by atoms with Crippen LogP contribution in [0, 0.1) is 0 Å². The van der Waals surface area contributed by atoms with E-state index in [9.17, 15) is 4.79 Å². The average molecular weight is 307 g/mol. The second kappa shape index (κ2) is 6.04. The maximum atomic E-state index is 11.1. The largest absolute Gasteiger partial charge is 0.478 e. The molecular weight excluding hydrogens is 290 g/mol. The number of carbonyl (C=O) groups is 1. The molecule has 0 saturated carbocycles. The maximum absolute atomic E-state index is 11.1. The minimum absolute atomic E-state index is 0.269. The van der Waals surface area contributed by atoms with E-state index < -0.39 is 5.97 Å². The minimum atomic E-state index is -0.930. The molecule has 0 saturated heterocycles. The summed E-state index contributed by atoms with van der Waals surface area (Å²) in [5.74, 6) is -0.325. The Hall–Kier alpha value is -2.95. The Kier molecular flexibility index (Phi) is 3.93. The summed E-state index contributed by atoms with van der Waals surface area (Å²) in [4.78, 5) is 19.9. The Labute approximate surface area is 134 Å². The second-order valence-corrected chi connectivity index (χ2v) is 5.65. The van der Waals surface area contributed by atoms with E-state index in [1.165, 1.54) is 0 Å².